The van der Waals surface area contributed by atoms with Gasteiger partial charge in [0.1, 0.15) is 36.0 Å². The van der Waals surface area contributed by atoms with E-state index in [-0.39, 0.29) is 32.1 Å². The van der Waals surface area contributed by atoms with Crippen LogP contribution in [0.25, 0.3) is 11.1 Å². The number of rotatable bonds is 14. The molecule has 6 N–H and O–H groups in total. The van der Waals surface area contributed by atoms with E-state index in [1.807, 2.05) is 133 Å². The molecule has 0 aliphatic carbocycles. The van der Waals surface area contributed by atoms with Crippen LogP contribution in [0.2, 0.25) is 0 Å². The summed E-state index contributed by atoms with van der Waals surface area (Å²) in [6.07, 6.45) is 1.07. The zero-order valence-corrected chi connectivity index (χ0v) is 37.6. The van der Waals surface area contributed by atoms with Crippen LogP contribution in [-0.2, 0) is 60.9 Å². The molecule has 0 radical (unpaired) electrons. The van der Waals surface area contributed by atoms with Crippen LogP contribution in [0.5, 0.6) is 5.75 Å². The van der Waals surface area contributed by atoms with Gasteiger partial charge in [0.05, 0.1) is 0 Å². The smallest absolute Gasteiger partial charge is 0.326 e. The first-order valence-corrected chi connectivity index (χ1v) is 23.1. The van der Waals surface area contributed by atoms with Gasteiger partial charge in [-0.05, 0) is 82.6 Å². The van der Waals surface area contributed by atoms with Crippen molar-refractivity contribution in [3.8, 4) is 16.9 Å². The molecule has 2 aliphatic rings. The molecule has 0 fully saturated rings. The molecule has 0 saturated carbocycles. The number of thiophene rings is 1. The number of fused-ring (bicyclic) bond motifs is 16. The molecule has 1 unspecified atom stereocenters. The molecule has 67 heavy (non-hydrogen) atoms. The Kier molecular flexibility index (Phi) is 16.7. The summed E-state index contributed by atoms with van der Waals surface area (Å²) in [6.45, 7) is -0.422. The topological polar surface area (TPSA) is 192 Å². The van der Waals surface area contributed by atoms with Crippen LogP contribution in [0.3, 0.4) is 0 Å². The van der Waals surface area contributed by atoms with Crippen molar-refractivity contribution in [3.63, 3.8) is 0 Å². The lowest BCUT2D eigenvalue weighted by molar-refractivity contribution is -0.142. The molecule has 2 bridgehead atoms. The van der Waals surface area contributed by atoms with Gasteiger partial charge in [-0.3, -0.25) is 24.0 Å². The first-order valence-electron chi connectivity index (χ1n) is 22.3. The fourth-order valence-electron chi connectivity index (χ4n) is 7.83. The Balaban J connectivity index is 1.21. The molecule has 344 valence electrons. The van der Waals surface area contributed by atoms with Crippen LogP contribution in [0.1, 0.15) is 40.0 Å². The van der Waals surface area contributed by atoms with Crippen LogP contribution in [0.4, 0.5) is 0 Å². The minimum absolute atomic E-state index is 0.0288. The summed E-state index contributed by atoms with van der Waals surface area (Å²) in [6, 6.07) is 40.3. The van der Waals surface area contributed by atoms with Crippen molar-refractivity contribution in [2.75, 3.05) is 6.61 Å². The molecule has 1 aromatic heterocycles. The second-order valence-corrected chi connectivity index (χ2v) is 17.5. The maximum atomic E-state index is 14.7. The predicted molar refractivity (Wildman–Crippen MR) is 256 cm³/mol. The van der Waals surface area contributed by atoms with Gasteiger partial charge in [-0.15, -0.1) is 11.3 Å². The summed E-state index contributed by atoms with van der Waals surface area (Å²) >= 11 is 1.42. The number of benzene rings is 5. The molecule has 2 aliphatic heterocycles. The number of carbonyl (C=O) groups excluding carboxylic acids is 5. The lowest BCUT2D eigenvalue weighted by atomic mass is 9.99. The summed E-state index contributed by atoms with van der Waals surface area (Å²) in [4.78, 5) is 84.6. The van der Waals surface area contributed by atoms with Gasteiger partial charge in [-0.25, -0.2) is 4.79 Å². The van der Waals surface area contributed by atoms with Crippen molar-refractivity contribution in [3.05, 3.63) is 184 Å². The zero-order valence-electron chi connectivity index (χ0n) is 36.8. The van der Waals surface area contributed by atoms with Gasteiger partial charge in [0.15, 0.2) is 6.61 Å². The molecule has 8 rings (SSSR count). The maximum absolute atomic E-state index is 14.7. The molecule has 5 amide bonds. The third-order valence-electron chi connectivity index (χ3n) is 11.5. The first-order chi connectivity index (χ1) is 32.6. The van der Waals surface area contributed by atoms with Crippen molar-refractivity contribution in [1.82, 2.24) is 26.6 Å². The Labute approximate surface area is 393 Å². The van der Waals surface area contributed by atoms with Crippen molar-refractivity contribution < 1.29 is 38.6 Å². The highest BCUT2D eigenvalue weighted by atomic mass is 32.1. The van der Waals surface area contributed by atoms with E-state index in [1.54, 1.807) is 24.3 Å². The SMILES string of the molecule is O=C1COc2ccc(cc2)C[C@@H](C(=O)NC(CCc2ccccc2)C(=O)O)NC(=O)[C@@H](CCc2ccccc2)NC(=O)[C@H](Cc2ccc(-c3ccccc3)cc2)NC(=O)[C@@H](Cc2cccs2)N1. The molecule has 0 saturated heterocycles. The van der Waals surface area contributed by atoms with Crippen molar-refractivity contribution in [1.29, 1.82) is 0 Å². The Morgan fingerprint density at radius 3 is 1.82 bits per heavy atom. The number of amides is 5. The van der Waals surface area contributed by atoms with E-state index in [2.05, 4.69) is 26.6 Å². The summed E-state index contributed by atoms with van der Waals surface area (Å²) in [5.41, 5.74) is 5.07. The average molecular weight is 920 g/mol. The predicted octanol–water partition coefficient (Wildman–Crippen LogP) is 5.61. The van der Waals surface area contributed by atoms with E-state index in [4.69, 9.17) is 4.74 Å². The van der Waals surface area contributed by atoms with Crippen molar-refractivity contribution >= 4 is 46.8 Å². The number of aryl methyl sites for hydroxylation is 2. The number of carboxylic acid groups (broad SMARTS) is 1. The van der Waals surface area contributed by atoms with Gasteiger partial charge in [-0.2, -0.15) is 0 Å². The van der Waals surface area contributed by atoms with Crippen LogP contribution in [0.15, 0.2) is 157 Å². The Hall–Kier alpha value is -7.58. The second kappa shape index (κ2) is 23.6. The molecule has 14 heteroatoms. The Bertz CT molecular complexity index is 2580. The van der Waals surface area contributed by atoms with Crippen LogP contribution in [0, 0.1) is 0 Å². The minimum atomic E-state index is -1.28. The highest BCUT2D eigenvalue weighted by molar-refractivity contribution is 7.09. The highest BCUT2D eigenvalue weighted by Crippen LogP contribution is 2.21. The van der Waals surface area contributed by atoms with Crippen molar-refractivity contribution in [2.45, 2.75) is 75.2 Å². The van der Waals surface area contributed by atoms with Gasteiger partial charge in [0, 0.05) is 24.1 Å². The Morgan fingerprint density at radius 2 is 1.19 bits per heavy atom. The van der Waals surface area contributed by atoms with Crippen LogP contribution >= 0.6 is 11.3 Å². The van der Waals surface area contributed by atoms with Gasteiger partial charge in [0.2, 0.25) is 23.6 Å². The lowest BCUT2D eigenvalue weighted by Crippen LogP contribution is -2.59. The summed E-state index contributed by atoms with van der Waals surface area (Å²) in [7, 11) is 0. The zero-order chi connectivity index (χ0) is 47.0. The van der Waals surface area contributed by atoms with E-state index >= 15 is 0 Å². The number of aliphatic carboxylic acids is 1. The van der Waals surface area contributed by atoms with E-state index in [0.717, 1.165) is 32.7 Å². The molecule has 5 aromatic carbocycles. The highest BCUT2D eigenvalue weighted by Gasteiger charge is 2.33. The number of hydrogen-bond donors (Lipinski definition) is 6. The first kappa shape index (κ1) is 47.4. The lowest BCUT2D eigenvalue weighted by Gasteiger charge is -2.27. The molecule has 13 nitrogen and oxygen atoms in total. The largest absolute Gasteiger partial charge is 0.484 e. The van der Waals surface area contributed by atoms with E-state index in [0.29, 0.717) is 24.2 Å². The fourth-order valence-corrected chi connectivity index (χ4v) is 8.58. The summed E-state index contributed by atoms with van der Waals surface area (Å²) in [5, 5.41) is 26.1. The molecular formula is C53H53N5O8S. The molecular weight excluding hydrogens is 867 g/mol. The van der Waals surface area contributed by atoms with Gasteiger partial charge < -0.3 is 36.4 Å². The maximum Gasteiger partial charge on any atom is 0.326 e. The fraction of sp³-hybridized carbons (Fsp3) is 0.245. The summed E-state index contributed by atoms with van der Waals surface area (Å²) in [5.74, 6) is -4.16. The molecule has 5 atom stereocenters. The quantitative estimate of drug-likeness (QED) is 0.0760. The second-order valence-electron chi connectivity index (χ2n) is 16.4. The van der Waals surface area contributed by atoms with Gasteiger partial charge in [0.25, 0.3) is 5.91 Å². The Morgan fingerprint density at radius 1 is 0.612 bits per heavy atom. The monoisotopic (exact) mass is 919 g/mol. The normalized spacial score (nSPS) is 18.6. The number of carboxylic acids is 1. The van der Waals surface area contributed by atoms with Crippen LogP contribution in [-0.4, -0.2) is 77.4 Å². The van der Waals surface area contributed by atoms with Crippen molar-refractivity contribution in [2.24, 2.45) is 0 Å². The molecule has 0 spiro atoms. The summed E-state index contributed by atoms with van der Waals surface area (Å²) < 4.78 is 5.81. The van der Waals surface area contributed by atoms with E-state index in [1.165, 1.54) is 11.3 Å². The number of ether oxygens (including phenoxy) is 1. The third kappa shape index (κ3) is 14.2. The van der Waals surface area contributed by atoms with E-state index < -0.39 is 72.3 Å². The number of hydrogen-bond acceptors (Lipinski definition) is 8. The van der Waals surface area contributed by atoms with E-state index in [9.17, 15) is 33.9 Å². The standard InChI is InChI=1S/C53H53N5O8S/c59-48-34-66-41-26-20-38(21-27-41)32-46(51(62)56-44(53(64)65)29-23-36-13-6-2-7-14-36)57-49(60)43(28-22-35-11-4-1-5-12-35)55-50(61)45(58-52(63)47(54-48)33-42-17-10-30-67-42)31-37-18-24-40(25-19-37)39-15-8-3-9-16-39/h1-21,24-27,30,43-47H,22-23,28-29,31-34H2,(H,54,59)(H,55,61)(H,56,62)(H,57,60)(H,58,63)(H,64,65)/t43-,44?,45+,46+,47-/m1/s1. The number of carbonyl (C=O) groups is 6. The van der Waals surface area contributed by atoms with Gasteiger partial charge >= 0.3 is 5.97 Å². The molecule has 6 aromatic rings. The number of nitrogens with one attached hydrogen (secondary N) is 5. The average Bonchev–Trinajstić information content (AvgIpc) is 3.87. The molecule has 3 heterocycles. The minimum Gasteiger partial charge on any atom is -0.484 e. The van der Waals surface area contributed by atoms with Gasteiger partial charge in [-0.1, -0.05) is 133 Å². The van der Waals surface area contributed by atoms with Crippen LogP contribution < -0.4 is 31.3 Å². The third-order valence-corrected chi connectivity index (χ3v) is 12.4.